The van der Waals surface area contributed by atoms with E-state index >= 15 is 0 Å². The number of nitrogens with one attached hydrogen (secondary N) is 2. The Balaban J connectivity index is 1.80. The Morgan fingerprint density at radius 2 is 2.12 bits per heavy atom. The van der Waals surface area contributed by atoms with Crippen LogP contribution >= 0.6 is 0 Å². The van der Waals surface area contributed by atoms with Crippen molar-refractivity contribution in [2.45, 2.75) is 26.0 Å². The number of hydrogen-bond donors (Lipinski definition) is 2. The number of carbonyl (C=O) groups is 1. The first-order chi connectivity index (χ1) is 12.0. The molecule has 1 amide bonds. The Labute approximate surface area is 144 Å². The van der Waals surface area contributed by atoms with Crippen LogP contribution in [-0.4, -0.2) is 34.2 Å². The number of carbonyl (C=O) groups excluding carboxylic acids is 1. The highest BCUT2D eigenvalue weighted by atomic mass is 19.1. The summed E-state index contributed by atoms with van der Waals surface area (Å²) >= 11 is 0. The maximum atomic E-state index is 14.0. The minimum Gasteiger partial charge on any atom is -0.375 e. The summed E-state index contributed by atoms with van der Waals surface area (Å²) in [7, 11) is 1.49. The van der Waals surface area contributed by atoms with E-state index in [4.69, 9.17) is 4.74 Å². The average molecular weight is 342 g/mol. The fourth-order valence-electron chi connectivity index (χ4n) is 2.82. The molecule has 0 radical (unpaired) electrons. The molecule has 2 N–H and O–H groups in total. The minimum absolute atomic E-state index is 0.305. The highest BCUT2D eigenvalue weighted by Gasteiger charge is 2.24. The molecular weight excluding hydrogens is 323 g/mol. The number of halogens is 1. The number of hydrogen-bond acceptors (Lipinski definition) is 4. The molecule has 7 heteroatoms. The molecule has 6 nitrogen and oxygen atoms in total. The SMILES string of the molecule is CO[C@H](c1ccccc1F)[C@@H](C)NC(=O)c1cnc2n[nH]c(C)c2c1. The van der Waals surface area contributed by atoms with E-state index in [9.17, 15) is 9.18 Å². The number of benzene rings is 1. The molecule has 0 aliphatic carbocycles. The van der Waals surface area contributed by atoms with Gasteiger partial charge in [0.1, 0.15) is 11.9 Å². The monoisotopic (exact) mass is 342 g/mol. The zero-order chi connectivity index (χ0) is 18.0. The molecule has 3 aromatic rings. The summed E-state index contributed by atoms with van der Waals surface area (Å²) in [6, 6.07) is 7.66. The molecule has 0 unspecified atom stereocenters. The van der Waals surface area contributed by atoms with Crippen LogP contribution < -0.4 is 5.32 Å². The lowest BCUT2D eigenvalue weighted by Gasteiger charge is -2.24. The van der Waals surface area contributed by atoms with Crippen molar-refractivity contribution in [2.75, 3.05) is 7.11 Å². The molecule has 2 heterocycles. The van der Waals surface area contributed by atoms with Crippen molar-refractivity contribution in [3.05, 3.63) is 59.2 Å². The fraction of sp³-hybridized carbons (Fsp3) is 0.278. The highest BCUT2D eigenvalue weighted by Crippen LogP contribution is 2.23. The number of aromatic amines is 1. The van der Waals surface area contributed by atoms with E-state index in [0.29, 0.717) is 16.8 Å². The molecule has 0 bridgehead atoms. The Kier molecular flexibility index (Phi) is 4.76. The summed E-state index contributed by atoms with van der Waals surface area (Å²) in [6.45, 7) is 3.63. The van der Waals surface area contributed by atoms with E-state index in [2.05, 4.69) is 20.5 Å². The van der Waals surface area contributed by atoms with Crippen molar-refractivity contribution >= 4 is 16.9 Å². The number of aromatic nitrogens is 3. The lowest BCUT2D eigenvalue weighted by molar-refractivity contribution is 0.0625. The molecule has 25 heavy (non-hydrogen) atoms. The number of rotatable bonds is 5. The molecule has 0 spiro atoms. The van der Waals surface area contributed by atoms with Gasteiger partial charge in [0.15, 0.2) is 5.65 Å². The third-order valence-electron chi connectivity index (χ3n) is 4.14. The zero-order valence-corrected chi connectivity index (χ0v) is 14.2. The zero-order valence-electron chi connectivity index (χ0n) is 14.2. The molecule has 0 aliphatic rings. The second-order valence-electron chi connectivity index (χ2n) is 5.88. The minimum atomic E-state index is -0.600. The quantitative estimate of drug-likeness (QED) is 0.747. The van der Waals surface area contributed by atoms with Crippen LogP contribution in [0.5, 0.6) is 0 Å². The van der Waals surface area contributed by atoms with Crippen LogP contribution in [0.4, 0.5) is 4.39 Å². The molecule has 0 saturated heterocycles. The number of pyridine rings is 1. The van der Waals surface area contributed by atoms with Gasteiger partial charge in [0.2, 0.25) is 0 Å². The summed E-state index contributed by atoms with van der Waals surface area (Å²) in [5.74, 6) is -0.673. The van der Waals surface area contributed by atoms with Gasteiger partial charge in [-0.05, 0) is 26.0 Å². The number of aryl methyl sites for hydroxylation is 1. The molecule has 0 saturated carbocycles. The van der Waals surface area contributed by atoms with Gasteiger partial charge in [0.05, 0.1) is 11.6 Å². The largest absolute Gasteiger partial charge is 0.375 e. The third-order valence-corrected chi connectivity index (χ3v) is 4.14. The van der Waals surface area contributed by atoms with Crippen LogP contribution in [0.2, 0.25) is 0 Å². The van der Waals surface area contributed by atoms with Crippen LogP contribution in [0.3, 0.4) is 0 Å². The second kappa shape index (κ2) is 6.98. The molecule has 1 aromatic carbocycles. The fourth-order valence-corrected chi connectivity index (χ4v) is 2.82. The van der Waals surface area contributed by atoms with Crippen molar-refractivity contribution in [3.63, 3.8) is 0 Å². The molecule has 3 rings (SSSR count). The van der Waals surface area contributed by atoms with Crippen LogP contribution in [0.1, 0.15) is 34.6 Å². The van der Waals surface area contributed by atoms with E-state index in [0.717, 1.165) is 11.1 Å². The summed E-state index contributed by atoms with van der Waals surface area (Å²) in [6.07, 6.45) is 0.868. The Morgan fingerprint density at radius 3 is 2.84 bits per heavy atom. The summed E-state index contributed by atoms with van der Waals surface area (Å²) < 4.78 is 19.4. The Hall–Kier alpha value is -2.80. The number of amides is 1. The van der Waals surface area contributed by atoms with Gasteiger partial charge in [-0.2, -0.15) is 5.10 Å². The number of nitrogens with zero attached hydrogens (tertiary/aromatic N) is 2. The lowest BCUT2D eigenvalue weighted by atomic mass is 10.0. The van der Waals surface area contributed by atoms with E-state index in [1.165, 1.54) is 19.4 Å². The first kappa shape index (κ1) is 17.0. The lowest BCUT2D eigenvalue weighted by Crippen LogP contribution is -2.38. The molecule has 130 valence electrons. The van der Waals surface area contributed by atoms with Crippen LogP contribution in [0.15, 0.2) is 36.5 Å². The van der Waals surface area contributed by atoms with Gasteiger partial charge >= 0.3 is 0 Å². The van der Waals surface area contributed by atoms with E-state index in [-0.39, 0.29) is 11.7 Å². The third kappa shape index (κ3) is 3.36. The maximum Gasteiger partial charge on any atom is 0.253 e. The van der Waals surface area contributed by atoms with Crippen molar-refractivity contribution in [2.24, 2.45) is 0 Å². The molecule has 2 atom stereocenters. The van der Waals surface area contributed by atoms with Crippen molar-refractivity contribution in [1.82, 2.24) is 20.5 Å². The number of methoxy groups -OCH3 is 1. The van der Waals surface area contributed by atoms with E-state index in [1.54, 1.807) is 31.2 Å². The van der Waals surface area contributed by atoms with Crippen molar-refractivity contribution < 1.29 is 13.9 Å². The second-order valence-corrected chi connectivity index (χ2v) is 5.88. The summed E-state index contributed by atoms with van der Waals surface area (Å²) in [5.41, 5.74) is 2.21. The van der Waals surface area contributed by atoms with Gasteiger partial charge in [-0.25, -0.2) is 9.37 Å². The topological polar surface area (TPSA) is 79.9 Å². The summed E-state index contributed by atoms with van der Waals surface area (Å²) in [5, 5.41) is 10.5. The first-order valence-corrected chi connectivity index (χ1v) is 7.90. The number of H-pyrrole nitrogens is 1. The molecule has 0 fully saturated rings. The van der Waals surface area contributed by atoms with Gasteiger partial charge in [0, 0.05) is 30.0 Å². The smallest absolute Gasteiger partial charge is 0.253 e. The molecule has 0 aliphatic heterocycles. The number of fused-ring (bicyclic) bond motifs is 1. The Bertz CT molecular complexity index is 909. The number of ether oxygens (including phenoxy) is 1. The maximum absolute atomic E-state index is 14.0. The molecular formula is C18H19FN4O2. The van der Waals surface area contributed by atoms with Gasteiger partial charge in [-0.3, -0.25) is 9.89 Å². The highest BCUT2D eigenvalue weighted by molar-refractivity contribution is 5.97. The van der Waals surface area contributed by atoms with Crippen molar-refractivity contribution in [3.8, 4) is 0 Å². The van der Waals surface area contributed by atoms with E-state index < -0.39 is 12.1 Å². The predicted molar refractivity (Wildman–Crippen MR) is 91.7 cm³/mol. The normalized spacial score (nSPS) is 13.6. The van der Waals surface area contributed by atoms with Crippen LogP contribution in [0.25, 0.3) is 11.0 Å². The van der Waals surface area contributed by atoms with Crippen LogP contribution in [-0.2, 0) is 4.74 Å². The van der Waals surface area contributed by atoms with Gasteiger partial charge in [0.25, 0.3) is 5.91 Å². The van der Waals surface area contributed by atoms with E-state index in [1.807, 2.05) is 6.92 Å². The van der Waals surface area contributed by atoms with Gasteiger partial charge in [-0.1, -0.05) is 18.2 Å². The van der Waals surface area contributed by atoms with Crippen molar-refractivity contribution in [1.29, 1.82) is 0 Å². The predicted octanol–water partition coefficient (Wildman–Crippen LogP) is 2.91. The Morgan fingerprint density at radius 1 is 1.36 bits per heavy atom. The van der Waals surface area contributed by atoms with Crippen LogP contribution in [0, 0.1) is 12.7 Å². The molecule has 2 aromatic heterocycles. The summed E-state index contributed by atoms with van der Waals surface area (Å²) in [4.78, 5) is 16.7. The van der Waals surface area contributed by atoms with Gasteiger partial charge in [-0.15, -0.1) is 0 Å². The van der Waals surface area contributed by atoms with Gasteiger partial charge < -0.3 is 10.1 Å². The average Bonchev–Trinajstić information content (AvgIpc) is 2.98. The first-order valence-electron chi connectivity index (χ1n) is 7.90. The standard InChI is InChI=1S/C18H19FN4O2/c1-10-14-8-12(9-20-17(14)23-22-10)18(24)21-11(2)16(25-3)13-6-4-5-7-15(13)19/h4-9,11,16H,1-3H3,(H,21,24)(H,20,22,23)/t11-,16+/m1/s1.